The van der Waals surface area contributed by atoms with Gasteiger partial charge in [0.2, 0.25) is 0 Å². The third-order valence-electron chi connectivity index (χ3n) is 12.4. The van der Waals surface area contributed by atoms with E-state index in [0.29, 0.717) is 0 Å². The van der Waals surface area contributed by atoms with Gasteiger partial charge in [-0.15, -0.1) is 0 Å². The number of benzene rings is 9. The van der Waals surface area contributed by atoms with Crippen LogP contribution in [0.4, 0.5) is 17.1 Å². The zero-order valence-electron chi connectivity index (χ0n) is 33.2. The second-order valence-corrected chi connectivity index (χ2v) is 16.2. The molecule has 280 valence electrons. The molecule has 0 bridgehead atoms. The van der Waals surface area contributed by atoms with Crippen LogP contribution in [0.2, 0.25) is 0 Å². The Labute approximate surface area is 345 Å². The van der Waals surface area contributed by atoms with Crippen molar-refractivity contribution in [3.8, 4) is 50.2 Å². The third-order valence-corrected chi connectivity index (χ3v) is 12.4. The second-order valence-electron chi connectivity index (χ2n) is 16.2. The molecule has 0 aliphatic heterocycles. The van der Waals surface area contributed by atoms with Crippen molar-refractivity contribution in [2.45, 2.75) is 19.3 Å². The van der Waals surface area contributed by atoms with Crippen LogP contribution < -0.4 is 4.90 Å². The summed E-state index contributed by atoms with van der Waals surface area (Å²) in [4.78, 5) is 2.44. The van der Waals surface area contributed by atoms with E-state index in [1.54, 1.807) is 0 Å². The lowest BCUT2D eigenvalue weighted by Gasteiger charge is -2.30. The van der Waals surface area contributed by atoms with Crippen LogP contribution in [0.5, 0.6) is 0 Å². The van der Waals surface area contributed by atoms with E-state index in [1.807, 2.05) is 0 Å². The Morgan fingerprint density at radius 3 is 1.44 bits per heavy atom. The van der Waals surface area contributed by atoms with Crippen LogP contribution in [0.15, 0.2) is 218 Å². The fraction of sp³-hybridized carbons (Fsp3) is 0.0526. The minimum atomic E-state index is -0.226. The first-order chi connectivity index (χ1) is 29.0. The van der Waals surface area contributed by atoms with Crippen LogP contribution in [0, 0.1) is 0 Å². The van der Waals surface area contributed by atoms with Crippen molar-refractivity contribution in [3.63, 3.8) is 0 Å². The number of fused-ring (bicyclic) bond motifs is 6. The molecule has 0 saturated carbocycles. The Hall–Kier alpha value is -7.42. The van der Waals surface area contributed by atoms with Gasteiger partial charge in [0.25, 0.3) is 0 Å². The summed E-state index contributed by atoms with van der Waals surface area (Å²) < 4.78 is 2.52. The van der Waals surface area contributed by atoms with E-state index in [0.717, 1.165) is 17.1 Å². The average Bonchev–Trinajstić information content (AvgIpc) is 3.75. The SMILES string of the molecule is CC1(C)c2ccccc2-c2c(-n3c4ccccc4c4cc(-c5ccccc5)ccc43)cc(N(c3ccc(-c4ccccc4)cc3)c3ccc(-c4ccccc4)cc3)cc21. The van der Waals surface area contributed by atoms with Gasteiger partial charge in [-0.05, 0) is 105 Å². The lowest BCUT2D eigenvalue weighted by Crippen LogP contribution is -2.17. The van der Waals surface area contributed by atoms with Gasteiger partial charge in [-0.3, -0.25) is 0 Å². The highest BCUT2D eigenvalue weighted by atomic mass is 15.1. The Morgan fingerprint density at radius 2 is 0.831 bits per heavy atom. The second kappa shape index (κ2) is 13.9. The van der Waals surface area contributed by atoms with Gasteiger partial charge in [-0.2, -0.15) is 0 Å². The summed E-state index contributed by atoms with van der Waals surface area (Å²) in [5.41, 5.74) is 19.2. The fourth-order valence-electron chi connectivity index (χ4n) is 9.44. The number of para-hydroxylation sites is 1. The fourth-order valence-corrected chi connectivity index (χ4v) is 9.44. The van der Waals surface area contributed by atoms with E-state index < -0.39 is 0 Å². The van der Waals surface area contributed by atoms with E-state index in [-0.39, 0.29) is 5.41 Å². The predicted octanol–water partition coefficient (Wildman–Crippen LogP) is 15.6. The van der Waals surface area contributed by atoms with E-state index >= 15 is 0 Å². The molecule has 10 aromatic rings. The Bertz CT molecular complexity index is 3060. The molecule has 0 fully saturated rings. The van der Waals surface area contributed by atoms with Gasteiger partial charge in [-0.25, -0.2) is 0 Å². The summed E-state index contributed by atoms with van der Waals surface area (Å²) in [6.07, 6.45) is 0. The highest BCUT2D eigenvalue weighted by Crippen LogP contribution is 2.54. The maximum atomic E-state index is 2.52. The smallest absolute Gasteiger partial charge is 0.0564 e. The van der Waals surface area contributed by atoms with E-state index in [9.17, 15) is 0 Å². The molecule has 1 aliphatic carbocycles. The van der Waals surface area contributed by atoms with Gasteiger partial charge < -0.3 is 9.47 Å². The summed E-state index contributed by atoms with van der Waals surface area (Å²) in [7, 11) is 0. The first-order valence-corrected chi connectivity index (χ1v) is 20.5. The number of hydrogen-bond donors (Lipinski definition) is 0. The van der Waals surface area contributed by atoms with E-state index in [4.69, 9.17) is 0 Å². The molecule has 2 heteroatoms. The number of anilines is 3. The molecule has 2 nitrogen and oxygen atoms in total. The molecule has 1 aliphatic rings. The van der Waals surface area contributed by atoms with Crippen LogP contribution in [-0.2, 0) is 5.41 Å². The van der Waals surface area contributed by atoms with Gasteiger partial charge in [0.15, 0.2) is 0 Å². The molecule has 0 N–H and O–H groups in total. The zero-order chi connectivity index (χ0) is 39.5. The molecular weight excluding hydrogens is 713 g/mol. The zero-order valence-corrected chi connectivity index (χ0v) is 33.2. The van der Waals surface area contributed by atoms with E-state index in [2.05, 4.69) is 242 Å². The Balaban J connectivity index is 1.18. The molecule has 0 atom stereocenters. The normalized spacial score (nSPS) is 12.7. The van der Waals surface area contributed by atoms with Gasteiger partial charge in [0, 0.05) is 38.8 Å². The van der Waals surface area contributed by atoms with Gasteiger partial charge >= 0.3 is 0 Å². The molecule has 0 radical (unpaired) electrons. The van der Waals surface area contributed by atoms with Crippen molar-refractivity contribution in [2.75, 3.05) is 4.90 Å². The van der Waals surface area contributed by atoms with Gasteiger partial charge in [0.1, 0.15) is 0 Å². The van der Waals surface area contributed by atoms with Crippen molar-refractivity contribution >= 4 is 38.9 Å². The quantitative estimate of drug-likeness (QED) is 0.157. The minimum Gasteiger partial charge on any atom is -0.310 e. The summed E-state index contributed by atoms with van der Waals surface area (Å²) >= 11 is 0. The summed E-state index contributed by atoms with van der Waals surface area (Å²) in [5.74, 6) is 0. The van der Waals surface area contributed by atoms with Crippen molar-refractivity contribution in [1.29, 1.82) is 0 Å². The standard InChI is InChI=1S/C57H42N2/c1-57(2)51-24-14-12-23-49(51)56-52(57)37-47(38-55(56)59-53-25-15-13-22-48(53)50-36-44(30-35-54(50)59)41-20-10-5-11-21-41)58(45-31-26-42(27-32-45)39-16-6-3-7-17-39)46-33-28-43(29-34-46)40-18-8-4-9-19-40/h3-38H,1-2H3. The topological polar surface area (TPSA) is 8.17 Å². The minimum absolute atomic E-state index is 0.226. The van der Waals surface area contributed by atoms with Crippen LogP contribution >= 0.6 is 0 Å². The first-order valence-electron chi connectivity index (χ1n) is 20.5. The summed E-state index contributed by atoms with van der Waals surface area (Å²) in [5, 5.41) is 2.49. The molecule has 59 heavy (non-hydrogen) atoms. The third kappa shape index (κ3) is 5.79. The molecule has 1 heterocycles. The first kappa shape index (κ1) is 34.8. The maximum Gasteiger partial charge on any atom is 0.0564 e. The van der Waals surface area contributed by atoms with Crippen molar-refractivity contribution in [3.05, 3.63) is 230 Å². The summed E-state index contributed by atoms with van der Waals surface area (Å²) in [6, 6.07) is 79.8. The Morgan fingerprint density at radius 1 is 0.356 bits per heavy atom. The van der Waals surface area contributed by atoms with Crippen molar-refractivity contribution in [2.24, 2.45) is 0 Å². The highest BCUT2D eigenvalue weighted by molar-refractivity contribution is 6.11. The van der Waals surface area contributed by atoms with Crippen LogP contribution in [0.1, 0.15) is 25.0 Å². The highest BCUT2D eigenvalue weighted by Gasteiger charge is 2.38. The van der Waals surface area contributed by atoms with Crippen molar-refractivity contribution in [1.82, 2.24) is 4.57 Å². The maximum absolute atomic E-state index is 2.52. The number of nitrogens with zero attached hydrogens (tertiary/aromatic N) is 2. The molecular formula is C57H42N2. The number of aromatic nitrogens is 1. The monoisotopic (exact) mass is 754 g/mol. The molecule has 0 amide bonds. The predicted molar refractivity (Wildman–Crippen MR) is 249 cm³/mol. The van der Waals surface area contributed by atoms with Gasteiger partial charge in [-0.1, -0.05) is 178 Å². The van der Waals surface area contributed by atoms with E-state index in [1.165, 1.54) is 83.1 Å². The number of hydrogen-bond acceptors (Lipinski definition) is 1. The van der Waals surface area contributed by atoms with Crippen LogP contribution in [-0.4, -0.2) is 4.57 Å². The van der Waals surface area contributed by atoms with Gasteiger partial charge in [0.05, 0.1) is 16.7 Å². The Kier molecular flexibility index (Phi) is 8.20. The number of rotatable bonds is 7. The summed E-state index contributed by atoms with van der Waals surface area (Å²) in [6.45, 7) is 4.77. The molecule has 0 saturated heterocycles. The molecule has 0 spiro atoms. The molecule has 9 aromatic carbocycles. The molecule has 0 unspecified atom stereocenters. The largest absolute Gasteiger partial charge is 0.310 e. The average molecular weight is 755 g/mol. The molecule has 1 aromatic heterocycles. The van der Waals surface area contributed by atoms with Crippen molar-refractivity contribution < 1.29 is 0 Å². The lowest BCUT2D eigenvalue weighted by molar-refractivity contribution is 0.660. The van der Waals surface area contributed by atoms with Crippen LogP contribution in [0.25, 0.3) is 72.0 Å². The lowest BCUT2D eigenvalue weighted by atomic mass is 9.82. The molecule has 11 rings (SSSR count). The van der Waals surface area contributed by atoms with Crippen LogP contribution in [0.3, 0.4) is 0 Å².